The van der Waals surface area contributed by atoms with E-state index in [0.29, 0.717) is 0 Å². The molecule has 0 aromatic carbocycles. The Morgan fingerprint density at radius 1 is 0.345 bits per heavy atom. The van der Waals surface area contributed by atoms with Crippen LogP contribution in [0.2, 0.25) is 0 Å². The molecule has 0 aromatic heterocycles. The summed E-state index contributed by atoms with van der Waals surface area (Å²) in [6.07, 6.45) is 43.3. The standard InChI is InChI=1S/C50H83O4P/c1-41(2)21-12-22-42(3)23-13-24-43(4)25-14-26-44(5)27-15-28-45(6)29-16-30-46(7)31-17-32-47(8)33-18-34-48(9)35-19-36-49(10)37-20-38-50(11)39-40-54-55(51,52)53/h21,23,25,27,29,31,33,35,37,39H,12-20,22,24,26,28,30,32,34,36,38,40H2,1-11H3,(H2,51,52,53). The van der Waals surface area contributed by atoms with Gasteiger partial charge < -0.3 is 9.79 Å². The Morgan fingerprint density at radius 3 is 0.709 bits per heavy atom. The minimum Gasteiger partial charge on any atom is -0.303 e. The van der Waals surface area contributed by atoms with Gasteiger partial charge in [-0.2, -0.15) is 0 Å². The highest BCUT2D eigenvalue weighted by Gasteiger charge is 2.11. The van der Waals surface area contributed by atoms with E-state index in [9.17, 15) is 4.57 Å². The number of hydrogen-bond acceptors (Lipinski definition) is 2. The summed E-state index contributed by atoms with van der Waals surface area (Å²) in [5, 5.41) is 0. The van der Waals surface area contributed by atoms with E-state index < -0.39 is 7.82 Å². The molecule has 0 aromatic rings. The van der Waals surface area contributed by atoms with Crippen LogP contribution >= 0.6 is 7.82 Å². The van der Waals surface area contributed by atoms with E-state index in [1.165, 1.54) is 69.4 Å². The first-order chi connectivity index (χ1) is 26.0. The topological polar surface area (TPSA) is 66.8 Å². The maximum Gasteiger partial charge on any atom is 0.469 e. The van der Waals surface area contributed by atoms with Crippen LogP contribution in [0.4, 0.5) is 0 Å². The fraction of sp³-hybridized carbons (Fsp3) is 0.600. The lowest BCUT2D eigenvalue weighted by molar-refractivity contribution is 0.215. The molecule has 0 aliphatic heterocycles. The van der Waals surface area contributed by atoms with E-state index in [2.05, 4.69) is 128 Å². The van der Waals surface area contributed by atoms with E-state index >= 15 is 0 Å². The van der Waals surface area contributed by atoms with E-state index in [4.69, 9.17) is 9.79 Å². The molecule has 0 saturated carbocycles. The van der Waals surface area contributed by atoms with Crippen LogP contribution in [0, 0.1) is 0 Å². The average Bonchev–Trinajstić information content (AvgIpc) is 3.07. The fourth-order valence-corrected chi connectivity index (χ4v) is 6.42. The summed E-state index contributed by atoms with van der Waals surface area (Å²) in [5.74, 6) is 0. The monoisotopic (exact) mass is 779 g/mol. The molecular formula is C50H83O4P. The van der Waals surface area contributed by atoms with E-state index in [0.717, 1.165) is 102 Å². The first-order valence-electron chi connectivity index (χ1n) is 21.2. The van der Waals surface area contributed by atoms with Crippen LogP contribution in [0.1, 0.15) is 192 Å². The van der Waals surface area contributed by atoms with Crippen molar-refractivity contribution in [2.75, 3.05) is 6.61 Å². The number of rotatable bonds is 30. The number of phosphoric ester groups is 1. The number of allylic oxidation sites excluding steroid dienone is 19. The Labute approximate surface area is 340 Å². The van der Waals surface area contributed by atoms with Crippen molar-refractivity contribution >= 4 is 7.82 Å². The summed E-state index contributed by atoms with van der Waals surface area (Å²) in [7, 11) is -4.40. The van der Waals surface area contributed by atoms with Crippen molar-refractivity contribution in [2.45, 2.75) is 192 Å². The van der Waals surface area contributed by atoms with Crippen LogP contribution in [-0.4, -0.2) is 16.4 Å². The van der Waals surface area contributed by atoms with Gasteiger partial charge in [-0.1, -0.05) is 116 Å². The lowest BCUT2D eigenvalue weighted by Crippen LogP contribution is -1.89. The summed E-state index contributed by atoms with van der Waals surface area (Å²) in [5.41, 5.74) is 14.4. The highest BCUT2D eigenvalue weighted by molar-refractivity contribution is 7.46. The third-order valence-corrected chi connectivity index (χ3v) is 10.5. The highest BCUT2D eigenvalue weighted by atomic mass is 31.2. The Bertz CT molecular complexity index is 1440. The van der Waals surface area contributed by atoms with Gasteiger partial charge in [-0.3, -0.25) is 4.52 Å². The third kappa shape index (κ3) is 36.9. The molecule has 0 rings (SSSR count). The smallest absolute Gasteiger partial charge is 0.303 e. The summed E-state index contributed by atoms with van der Waals surface area (Å²) >= 11 is 0. The molecule has 0 atom stereocenters. The largest absolute Gasteiger partial charge is 0.469 e. The van der Waals surface area contributed by atoms with Crippen LogP contribution in [0.15, 0.2) is 116 Å². The van der Waals surface area contributed by atoms with Gasteiger partial charge in [0.15, 0.2) is 0 Å². The van der Waals surface area contributed by atoms with Crippen LogP contribution in [-0.2, 0) is 9.09 Å². The summed E-state index contributed by atoms with van der Waals surface area (Å²) < 4.78 is 15.2. The first-order valence-corrected chi connectivity index (χ1v) is 22.7. The zero-order chi connectivity index (χ0) is 41.5. The van der Waals surface area contributed by atoms with Gasteiger partial charge in [-0.25, -0.2) is 4.57 Å². The molecule has 5 heteroatoms. The van der Waals surface area contributed by atoms with Crippen molar-refractivity contribution in [1.82, 2.24) is 0 Å². The van der Waals surface area contributed by atoms with E-state index in [-0.39, 0.29) is 6.61 Å². The molecule has 0 heterocycles. The van der Waals surface area contributed by atoms with Gasteiger partial charge in [-0.05, 0) is 192 Å². The van der Waals surface area contributed by atoms with E-state index in [1.807, 2.05) is 6.92 Å². The van der Waals surface area contributed by atoms with Gasteiger partial charge in [0, 0.05) is 0 Å². The Morgan fingerprint density at radius 2 is 0.527 bits per heavy atom. The van der Waals surface area contributed by atoms with Crippen molar-refractivity contribution < 1.29 is 18.9 Å². The minimum atomic E-state index is -4.40. The lowest BCUT2D eigenvalue weighted by atomic mass is 10.0. The van der Waals surface area contributed by atoms with Crippen LogP contribution < -0.4 is 0 Å². The highest BCUT2D eigenvalue weighted by Crippen LogP contribution is 2.35. The van der Waals surface area contributed by atoms with Gasteiger partial charge >= 0.3 is 7.82 Å². The quantitative estimate of drug-likeness (QED) is 0.0563. The molecule has 55 heavy (non-hydrogen) atoms. The van der Waals surface area contributed by atoms with Crippen LogP contribution in [0.5, 0.6) is 0 Å². The fourth-order valence-electron chi connectivity index (χ4n) is 6.15. The lowest BCUT2D eigenvalue weighted by Gasteiger charge is -2.04. The first kappa shape index (κ1) is 52.5. The molecule has 0 amide bonds. The number of phosphoric acid groups is 1. The molecule has 0 spiro atoms. The molecule has 0 radical (unpaired) electrons. The summed E-state index contributed by atoms with van der Waals surface area (Å²) in [4.78, 5) is 17.5. The number of hydrogen-bond donors (Lipinski definition) is 2. The Hall–Kier alpha value is -2.49. The molecule has 0 fully saturated rings. The molecule has 0 bridgehead atoms. The summed E-state index contributed by atoms with van der Waals surface area (Å²) in [6, 6.07) is 0. The predicted molar refractivity (Wildman–Crippen MR) is 244 cm³/mol. The molecule has 4 nitrogen and oxygen atoms in total. The van der Waals surface area contributed by atoms with Crippen LogP contribution in [0.3, 0.4) is 0 Å². The predicted octanol–water partition coefficient (Wildman–Crippen LogP) is 16.6. The van der Waals surface area contributed by atoms with Crippen molar-refractivity contribution in [1.29, 1.82) is 0 Å². The van der Waals surface area contributed by atoms with Gasteiger partial charge in [0.1, 0.15) is 0 Å². The molecule has 0 aliphatic carbocycles. The normalized spacial score (nSPS) is 15.0. The average molecular weight is 779 g/mol. The molecule has 0 unspecified atom stereocenters. The molecule has 0 saturated heterocycles. The van der Waals surface area contributed by atoms with Gasteiger partial charge in [0.2, 0.25) is 0 Å². The Balaban J connectivity index is 4.26. The van der Waals surface area contributed by atoms with Crippen molar-refractivity contribution in [2.24, 2.45) is 0 Å². The van der Waals surface area contributed by atoms with Crippen molar-refractivity contribution in [3.05, 3.63) is 116 Å². The molecule has 0 aliphatic rings. The zero-order valence-electron chi connectivity index (χ0n) is 37.4. The van der Waals surface area contributed by atoms with Crippen molar-refractivity contribution in [3.63, 3.8) is 0 Å². The Kier molecular flexibility index (Phi) is 31.1. The maximum absolute atomic E-state index is 10.8. The SMILES string of the molecule is CC(C)=CCCC(C)=CCCC(C)=CCCC(C)=CCCC(C)=CCCC(C)=CCCC(C)=CCCC(C)=CCCC(C)=CCCC(C)=CCOP(=O)(O)O. The zero-order valence-corrected chi connectivity index (χ0v) is 38.3. The second-order valence-electron chi connectivity index (χ2n) is 16.4. The van der Waals surface area contributed by atoms with Gasteiger partial charge in [0.05, 0.1) is 6.61 Å². The summed E-state index contributed by atoms with van der Waals surface area (Å²) in [6.45, 7) is 24.4. The third-order valence-electron chi connectivity index (χ3n) is 10.0. The maximum atomic E-state index is 10.8. The minimum absolute atomic E-state index is 0.0544. The molecule has 2 N–H and O–H groups in total. The van der Waals surface area contributed by atoms with E-state index in [1.54, 1.807) is 6.08 Å². The second kappa shape index (κ2) is 32.6. The second-order valence-corrected chi connectivity index (χ2v) is 17.6. The van der Waals surface area contributed by atoms with Crippen LogP contribution in [0.25, 0.3) is 0 Å². The molecule has 312 valence electrons. The van der Waals surface area contributed by atoms with Gasteiger partial charge in [0.25, 0.3) is 0 Å². The molecular weight excluding hydrogens is 696 g/mol. The van der Waals surface area contributed by atoms with Crippen molar-refractivity contribution in [3.8, 4) is 0 Å². The van der Waals surface area contributed by atoms with Gasteiger partial charge in [-0.15, -0.1) is 0 Å².